The summed E-state index contributed by atoms with van der Waals surface area (Å²) >= 11 is 1.19. The first-order chi connectivity index (χ1) is 13.9. The highest BCUT2D eigenvalue weighted by molar-refractivity contribution is 7.21. The Balaban J connectivity index is 1.82. The van der Waals surface area contributed by atoms with Crippen LogP contribution in [-0.4, -0.2) is 44.9 Å². The van der Waals surface area contributed by atoms with E-state index >= 15 is 0 Å². The van der Waals surface area contributed by atoms with Crippen molar-refractivity contribution in [3.63, 3.8) is 0 Å². The van der Waals surface area contributed by atoms with Crippen LogP contribution in [-0.2, 0) is 0 Å². The number of aromatic nitrogens is 4. The van der Waals surface area contributed by atoms with Crippen LogP contribution in [0, 0.1) is 12.7 Å². The molecule has 0 bridgehead atoms. The molecule has 0 aliphatic heterocycles. The topological polar surface area (TPSA) is 90.2 Å². The second-order valence-corrected chi connectivity index (χ2v) is 6.94. The molecule has 0 amide bonds. The van der Waals surface area contributed by atoms with Gasteiger partial charge in [0, 0.05) is 11.6 Å². The van der Waals surface area contributed by atoms with Gasteiger partial charge in [-0.15, -0.1) is 0 Å². The van der Waals surface area contributed by atoms with Crippen LogP contribution in [0.4, 0.5) is 13.2 Å². The molecule has 0 fully saturated rings. The van der Waals surface area contributed by atoms with Crippen molar-refractivity contribution in [2.75, 3.05) is 13.2 Å². The Morgan fingerprint density at radius 1 is 1.14 bits per heavy atom. The number of fused-ring (bicyclic) bond motifs is 2. The number of aliphatic hydroxyl groups is 1. The van der Waals surface area contributed by atoms with Gasteiger partial charge in [0.1, 0.15) is 22.0 Å². The second-order valence-electron chi connectivity index (χ2n) is 5.96. The SMILES string of the molecule is Cc1cc(-c2nc3cc(F)c(OCCO)nc3s2)c2ncc(OC(F)F)nc2c1. The first kappa shape index (κ1) is 19.3. The molecule has 150 valence electrons. The number of halogens is 3. The van der Waals surface area contributed by atoms with Crippen LogP contribution in [0.25, 0.3) is 32.0 Å². The maximum atomic E-state index is 14.1. The van der Waals surface area contributed by atoms with Crippen molar-refractivity contribution in [1.82, 2.24) is 19.9 Å². The van der Waals surface area contributed by atoms with Crippen LogP contribution in [0.1, 0.15) is 5.56 Å². The van der Waals surface area contributed by atoms with Crippen molar-refractivity contribution >= 4 is 32.7 Å². The third-order valence-corrected chi connectivity index (χ3v) is 4.84. The van der Waals surface area contributed by atoms with Crippen LogP contribution < -0.4 is 9.47 Å². The zero-order valence-corrected chi connectivity index (χ0v) is 15.7. The fraction of sp³-hybridized carbons (Fsp3) is 0.222. The molecule has 4 aromatic rings. The molecule has 0 atom stereocenters. The monoisotopic (exact) mass is 422 g/mol. The maximum absolute atomic E-state index is 14.1. The van der Waals surface area contributed by atoms with Gasteiger partial charge in [-0.1, -0.05) is 11.3 Å². The van der Waals surface area contributed by atoms with E-state index in [1.54, 1.807) is 6.07 Å². The summed E-state index contributed by atoms with van der Waals surface area (Å²) in [4.78, 5) is 17.2. The van der Waals surface area contributed by atoms with E-state index in [9.17, 15) is 13.2 Å². The predicted octanol–water partition coefficient (Wildman–Crippen LogP) is 3.72. The Hall–Kier alpha value is -3.05. The highest BCUT2D eigenvalue weighted by Gasteiger charge is 2.17. The number of alkyl halides is 2. The van der Waals surface area contributed by atoms with Gasteiger partial charge in [-0.2, -0.15) is 13.8 Å². The van der Waals surface area contributed by atoms with E-state index in [1.807, 2.05) is 13.0 Å². The van der Waals surface area contributed by atoms with Crippen molar-refractivity contribution in [3.05, 3.63) is 35.8 Å². The van der Waals surface area contributed by atoms with Gasteiger partial charge < -0.3 is 14.6 Å². The minimum absolute atomic E-state index is 0.0811. The Kier molecular flexibility index (Phi) is 5.16. The van der Waals surface area contributed by atoms with Gasteiger partial charge in [0.15, 0.2) is 5.82 Å². The molecule has 4 rings (SSSR count). The average molecular weight is 422 g/mol. The highest BCUT2D eigenvalue weighted by atomic mass is 32.1. The van der Waals surface area contributed by atoms with Gasteiger partial charge in [0.05, 0.1) is 23.8 Å². The summed E-state index contributed by atoms with van der Waals surface area (Å²) in [5, 5.41) is 9.34. The molecule has 0 aliphatic carbocycles. The van der Waals surface area contributed by atoms with Crippen molar-refractivity contribution in [2.24, 2.45) is 0 Å². The fourth-order valence-electron chi connectivity index (χ4n) is 2.74. The molecular weight excluding hydrogens is 409 g/mol. The minimum Gasteiger partial charge on any atom is -0.473 e. The zero-order valence-electron chi connectivity index (χ0n) is 14.9. The Labute approximate surface area is 165 Å². The summed E-state index contributed by atoms with van der Waals surface area (Å²) in [5.41, 5.74) is 2.55. The van der Waals surface area contributed by atoms with E-state index in [0.29, 0.717) is 32.0 Å². The van der Waals surface area contributed by atoms with E-state index < -0.39 is 12.4 Å². The Morgan fingerprint density at radius 2 is 1.97 bits per heavy atom. The molecule has 3 aromatic heterocycles. The number of aliphatic hydroxyl groups excluding tert-OH is 1. The first-order valence-corrected chi connectivity index (χ1v) is 9.19. The van der Waals surface area contributed by atoms with Gasteiger partial charge in [0.2, 0.25) is 5.88 Å². The van der Waals surface area contributed by atoms with Crippen LogP contribution >= 0.6 is 11.3 Å². The zero-order chi connectivity index (χ0) is 20.5. The molecule has 7 nitrogen and oxygen atoms in total. The third-order valence-electron chi connectivity index (χ3n) is 3.84. The summed E-state index contributed by atoms with van der Waals surface area (Å²) in [7, 11) is 0. The van der Waals surface area contributed by atoms with Crippen LogP contribution in [0.5, 0.6) is 11.8 Å². The average Bonchev–Trinajstić information content (AvgIpc) is 3.07. The number of aryl methyl sites for hydroxylation is 1. The van der Waals surface area contributed by atoms with Crippen molar-refractivity contribution < 1.29 is 27.8 Å². The molecule has 29 heavy (non-hydrogen) atoms. The van der Waals surface area contributed by atoms with Gasteiger partial charge in [-0.3, -0.25) is 0 Å². The summed E-state index contributed by atoms with van der Waals surface area (Å²) in [6.45, 7) is -1.53. The van der Waals surface area contributed by atoms with Gasteiger partial charge in [0.25, 0.3) is 5.88 Å². The fourth-order valence-corrected chi connectivity index (χ4v) is 3.67. The minimum atomic E-state index is -3.00. The summed E-state index contributed by atoms with van der Waals surface area (Å²) in [5.74, 6) is -1.20. The van der Waals surface area contributed by atoms with Crippen LogP contribution in [0.15, 0.2) is 24.4 Å². The number of ether oxygens (including phenoxy) is 2. The predicted molar refractivity (Wildman–Crippen MR) is 99.9 cm³/mol. The van der Waals surface area contributed by atoms with Crippen LogP contribution in [0.3, 0.4) is 0 Å². The number of rotatable bonds is 6. The molecule has 0 saturated carbocycles. The summed E-state index contributed by atoms with van der Waals surface area (Å²) < 4.78 is 48.4. The van der Waals surface area contributed by atoms with Crippen LogP contribution in [0.2, 0.25) is 0 Å². The summed E-state index contributed by atoms with van der Waals surface area (Å²) in [6, 6.07) is 4.71. The molecule has 1 N–H and O–H groups in total. The molecule has 0 unspecified atom stereocenters. The number of pyridine rings is 1. The lowest BCUT2D eigenvalue weighted by Crippen LogP contribution is -2.04. The standard InChI is InChI=1S/C18H13F3N4O3S/c1-8-4-9(14-11(5-8)23-13(7-22-14)28-18(20)21)16-24-12-6-10(19)15(27-3-2-26)25-17(12)29-16/h4-7,18,26H,2-3H2,1H3. The molecule has 3 heterocycles. The lowest BCUT2D eigenvalue weighted by atomic mass is 10.1. The molecule has 11 heteroatoms. The Morgan fingerprint density at radius 3 is 2.72 bits per heavy atom. The number of thiazole rings is 1. The lowest BCUT2D eigenvalue weighted by Gasteiger charge is -2.07. The number of nitrogens with zero attached hydrogens (tertiary/aromatic N) is 4. The quantitative estimate of drug-likeness (QED) is 0.506. The normalized spacial score (nSPS) is 11.5. The largest absolute Gasteiger partial charge is 0.473 e. The molecular formula is C18H13F3N4O3S. The van der Waals surface area contributed by atoms with Crippen molar-refractivity contribution in [3.8, 4) is 22.3 Å². The molecule has 0 aliphatic rings. The molecule has 0 spiro atoms. The second kappa shape index (κ2) is 7.76. The lowest BCUT2D eigenvalue weighted by molar-refractivity contribution is -0.0528. The highest BCUT2D eigenvalue weighted by Crippen LogP contribution is 2.35. The first-order valence-electron chi connectivity index (χ1n) is 8.38. The summed E-state index contributed by atoms with van der Waals surface area (Å²) in [6.07, 6.45) is 1.11. The molecule has 0 radical (unpaired) electrons. The van der Waals surface area contributed by atoms with E-state index in [1.165, 1.54) is 17.4 Å². The van der Waals surface area contributed by atoms with Crippen molar-refractivity contribution in [1.29, 1.82) is 0 Å². The maximum Gasteiger partial charge on any atom is 0.388 e. The number of hydrogen-bond donors (Lipinski definition) is 1. The Bertz CT molecular complexity index is 1200. The van der Waals surface area contributed by atoms with Crippen molar-refractivity contribution in [2.45, 2.75) is 13.5 Å². The van der Waals surface area contributed by atoms with E-state index in [2.05, 4.69) is 24.7 Å². The van der Waals surface area contributed by atoms with Gasteiger partial charge >= 0.3 is 6.61 Å². The van der Waals surface area contributed by atoms with Gasteiger partial charge in [-0.05, 0) is 24.6 Å². The molecule has 0 saturated heterocycles. The van der Waals surface area contributed by atoms with E-state index in [4.69, 9.17) is 9.84 Å². The number of benzene rings is 1. The van der Waals surface area contributed by atoms with Gasteiger partial charge in [-0.25, -0.2) is 19.3 Å². The smallest absolute Gasteiger partial charge is 0.388 e. The van der Waals surface area contributed by atoms with E-state index in [-0.39, 0.29) is 25.0 Å². The number of hydrogen-bond acceptors (Lipinski definition) is 8. The molecule has 1 aromatic carbocycles. The third kappa shape index (κ3) is 3.91. The van der Waals surface area contributed by atoms with E-state index in [0.717, 1.165) is 11.8 Å².